The van der Waals surface area contributed by atoms with Crippen LogP contribution in [0.3, 0.4) is 0 Å². The van der Waals surface area contributed by atoms with Crippen LogP contribution in [0.1, 0.15) is 71.6 Å². The van der Waals surface area contributed by atoms with Crippen LogP contribution in [0.25, 0.3) is 5.69 Å². The Morgan fingerprint density at radius 1 is 1.05 bits per heavy atom. The second-order valence-corrected chi connectivity index (χ2v) is 12.8. The molecule has 8 atom stereocenters. The van der Waals surface area contributed by atoms with Crippen molar-refractivity contribution < 1.29 is 14.6 Å². The normalized spacial score (nSPS) is 38.9. The van der Waals surface area contributed by atoms with Crippen molar-refractivity contribution in [2.24, 2.45) is 40.9 Å². The number of carbonyl (C=O) groups excluding carboxylic acids is 1. The SMILES string of the molecule is COc1cccc(-n2nnn(CC(=O)[C@H]3CC[C@H]4[C@@H]5CC[C@@H]6C[C@](C)(O)CC[C@@H]6[C@H]5CC[C@]34C)c2=O)c1. The summed E-state index contributed by atoms with van der Waals surface area (Å²) in [5.41, 5.74) is -0.336. The third-order valence-corrected chi connectivity index (χ3v) is 10.9. The van der Waals surface area contributed by atoms with E-state index in [1.807, 2.05) is 6.92 Å². The average Bonchev–Trinajstić information content (AvgIpc) is 3.42. The van der Waals surface area contributed by atoms with Gasteiger partial charge in [0.2, 0.25) is 0 Å². The van der Waals surface area contributed by atoms with Gasteiger partial charge in [-0.3, -0.25) is 4.79 Å². The Hall–Kier alpha value is -2.48. The fourth-order valence-electron chi connectivity index (χ4n) is 9.15. The Morgan fingerprint density at radius 3 is 2.68 bits per heavy atom. The van der Waals surface area contributed by atoms with Crippen LogP contribution in [-0.2, 0) is 11.3 Å². The summed E-state index contributed by atoms with van der Waals surface area (Å²) in [4.78, 5) is 26.7. The first-order valence-corrected chi connectivity index (χ1v) is 14.1. The maximum atomic E-state index is 13.6. The number of hydrogen-bond acceptors (Lipinski definition) is 6. The molecule has 4 aliphatic rings. The van der Waals surface area contributed by atoms with Gasteiger partial charge in [0, 0.05) is 12.0 Å². The van der Waals surface area contributed by atoms with Crippen molar-refractivity contribution >= 4 is 5.78 Å². The lowest BCUT2D eigenvalue weighted by Gasteiger charge is -2.56. The maximum Gasteiger partial charge on any atom is 0.368 e. The number of aromatic nitrogens is 4. The van der Waals surface area contributed by atoms with Crippen LogP contribution < -0.4 is 10.4 Å². The van der Waals surface area contributed by atoms with E-state index in [1.54, 1.807) is 31.4 Å². The topological polar surface area (TPSA) is 99.2 Å². The van der Waals surface area contributed by atoms with Crippen LogP contribution in [0.5, 0.6) is 5.75 Å². The quantitative estimate of drug-likeness (QED) is 0.655. The lowest BCUT2D eigenvalue weighted by atomic mass is 9.49. The summed E-state index contributed by atoms with van der Waals surface area (Å²) in [6.07, 6.45) is 9.76. The standard InChI is InChI=1S/C29H40N4O4/c1-28(36)13-11-21-18(16-28)7-8-23-22(21)12-14-29(2)24(23)9-10-25(29)26(34)17-32-27(35)33(31-30-32)19-5-4-6-20(15-19)37-3/h4-6,15,18,21-25,36H,7-14,16-17H2,1-3H3/t18-,21+,22-,23-,24+,25-,28-,29+/m1/s1. The second-order valence-electron chi connectivity index (χ2n) is 12.8. The largest absolute Gasteiger partial charge is 0.497 e. The number of aliphatic hydroxyl groups is 1. The van der Waals surface area contributed by atoms with Crippen LogP contribution in [-0.4, -0.2) is 43.4 Å². The molecule has 1 heterocycles. The Bertz CT molecular complexity index is 1230. The first-order valence-electron chi connectivity index (χ1n) is 14.1. The van der Waals surface area contributed by atoms with E-state index < -0.39 is 11.3 Å². The predicted octanol–water partition coefficient (Wildman–Crippen LogP) is 4.03. The van der Waals surface area contributed by atoms with Crippen LogP contribution in [0.15, 0.2) is 29.1 Å². The number of carbonyl (C=O) groups is 1. The highest BCUT2D eigenvalue weighted by atomic mass is 16.5. The molecule has 1 aromatic carbocycles. The van der Waals surface area contributed by atoms with Crippen molar-refractivity contribution in [1.29, 1.82) is 0 Å². The smallest absolute Gasteiger partial charge is 0.368 e. The fraction of sp³-hybridized carbons (Fsp3) is 0.724. The van der Waals surface area contributed by atoms with Gasteiger partial charge in [0.25, 0.3) is 0 Å². The average molecular weight is 509 g/mol. The van der Waals surface area contributed by atoms with E-state index in [0.717, 1.165) is 50.4 Å². The van der Waals surface area contributed by atoms with Gasteiger partial charge in [0.05, 0.1) is 18.4 Å². The van der Waals surface area contributed by atoms with Gasteiger partial charge in [-0.05, 0) is 122 Å². The van der Waals surface area contributed by atoms with Crippen molar-refractivity contribution in [3.05, 3.63) is 34.7 Å². The number of benzene rings is 1. The third kappa shape index (κ3) is 4.16. The molecule has 0 bridgehead atoms. The molecule has 2 aromatic rings. The van der Waals surface area contributed by atoms with Crippen molar-refractivity contribution in [2.45, 2.75) is 83.8 Å². The number of nitrogens with zero attached hydrogens (tertiary/aromatic N) is 4. The molecule has 0 aliphatic heterocycles. The van der Waals surface area contributed by atoms with Gasteiger partial charge in [-0.25, -0.2) is 4.79 Å². The first-order chi connectivity index (χ1) is 17.7. The van der Waals surface area contributed by atoms with E-state index in [0.29, 0.717) is 29.2 Å². The highest BCUT2D eigenvalue weighted by Crippen LogP contribution is 2.64. The maximum absolute atomic E-state index is 13.6. The molecule has 4 saturated carbocycles. The van der Waals surface area contributed by atoms with Crippen molar-refractivity contribution in [3.8, 4) is 11.4 Å². The van der Waals surface area contributed by atoms with Crippen LogP contribution in [0.2, 0.25) is 0 Å². The van der Waals surface area contributed by atoms with Gasteiger partial charge < -0.3 is 9.84 Å². The van der Waals surface area contributed by atoms with Crippen LogP contribution in [0, 0.1) is 40.9 Å². The van der Waals surface area contributed by atoms with Gasteiger partial charge >= 0.3 is 5.69 Å². The molecule has 37 heavy (non-hydrogen) atoms. The number of tetrazole rings is 1. The summed E-state index contributed by atoms with van der Waals surface area (Å²) in [6.45, 7) is 4.34. The molecular weight excluding hydrogens is 468 g/mol. The molecule has 8 heteroatoms. The summed E-state index contributed by atoms with van der Waals surface area (Å²) >= 11 is 0. The summed E-state index contributed by atoms with van der Waals surface area (Å²) in [5, 5.41) is 18.7. The Balaban J connectivity index is 1.17. The van der Waals surface area contributed by atoms with E-state index in [-0.39, 0.29) is 23.7 Å². The predicted molar refractivity (Wildman–Crippen MR) is 138 cm³/mol. The Labute approximate surface area is 218 Å². The molecule has 6 rings (SSSR count). The lowest BCUT2D eigenvalue weighted by molar-refractivity contribution is -0.133. The third-order valence-electron chi connectivity index (χ3n) is 10.9. The molecule has 4 aliphatic carbocycles. The Kier molecular flexibility index (Phi) is 6.09. The monoisotopic (exact) mass is 508 g/mol. The molecule has 1 N–H and O–H groups in total. The van der Waals surface area contributed by atoms with Gasteiger partial charge in [-0.15, -0.1) is 0 Å². The summed E-state index contributed by atoms with van der Waals surface area (Å²) in [7, 11) is 1.58. The zero-order valence-electron chi connectivity index (χ0n) is 22.3. The summed E-state index contributed by atoms with van der Waals surface area (Å²) in [6, 6.07) is 7.10. The van der Waals surface area contributed by atoms with E-state index >= 15 is 0 Å². The molecule has 8 nitrogen and oxygen atoms in total. The molecule has 1 aromatic heterocycles. The molecule has 0 radical (unpaired) electrons. The number of ketones is 1. The minimum Gasteiger partial charge on any atom is -0.497 e. The fourth-order valence-corrected chi connectivity index (χ4v) is 9.15. The minimum absolute atomic E-state index is 0.00234. The molecular formula is C29H40N4O4. The zero-order valence-corrected chi connectivity index (χ0v) is 22.3. The zero-order chi connectivity index (χ0) is 25.9. The van der Waals surface area contributed by atoms with Crippen LogP contribution >= 0.6 is 0 Å². The number of Topliss-reactive ketones (excluding diaryl/α,β-unsaturated/α-hetero) is 1. The molecule has 0 spiro atoms. The second kappa shape index (κ2) is 9.07. The Morgan fingerprint density at radius 2 is 1.86 bits per heavy atom. The summed E-state index contributed by atoms with van der Waals surface area (Å²) in [5.74, 6) is 4.12. The molecule has 4 fully saturated rings. The minimum atomic E-state index is -0.492. The van der Waals surface area contributed by atoms with Crippen molar-refractivity contribution in [1.82, 2.24) is 19.8 Å². The van der Waals surface area contributed by atoms with Gasteiger partial charge in [-0.1, -0.05) is 13.0 Å². The van der Waals surface area contributed by atoms with Gasteiger partial charge in [-0.2, -0.15) is 9.36 Å². The lowest BCUT2D eigenvalue weighted by Crippen LogP contribution is -2.51. The van der Waals surface area contributed by atoms with E-state index in [4.69, 9.17) is 4.74 Å². The number of rotatable bonds is 5. The van der Waals surface area contributed by atoms with Crippen LogP contribution in [0.4, 0.5) is 0 Å². The van der Waals surface area contributed by atoms with E-state index in [1.165, 1.54) is 28.6 Å². The summed E-state index contributed by atoms with van der Waals surface area (Å²) < 4.78 is 7.69. The number of fused-ring (bicyclic) bond motifs is 5. The van der Waals surface area contributed by atoms with Crippen molar-refractivity contribution in [3.63, 3.8) is 0 Å². The highest BCUT2D eigenvalue weighted by molar-refractivity contribution is 5.82. The first kappa shape index (κ1) is 24.8. The van der Waals surface area contributed by atoms with E-state index in [9.17, 15) is 14.7 Å². The van der Waals surface area contributed by atoms with Crippen molar-refractivity contribution in [2.75, 3.05) is 7.11 Å². The molecule has 0 amide bonds. The number of hydrogen-bond donors (Lipinski definition) is 1. The molecule has 0 saturated heterocycles. The highest BCUT2D eigenvalue weighted by Gasteiger charge is 2.58. The molecule has 200 valence electrons. The van der Waals surface area contributed by atoms with Gasteiger partial charge in [0.1, 0.15) is 12.3 Å². The van der Waals surface area contributed by atoms with Gasteiger partial charge in [0.15, 0.2) is 5.78 Å². The number of ether oxygens (including phenoxy) is 1. The van der Waals surface area contributed by atoms with E-state index in [2.05, 4.69) is 17.4 Å². The molecule has 0 unspecified atom stereocenters. The number of methoxy groups -OCH3 is 1.